The normalized spacial score (nSPS) is 10.8. The van der Waals surface area contributed by atoms with Crippen LogP contribution < -0.4 is 11.2 Å². The molecule has 20 heavy (non-hydrogen) atoms. The Labute approximate surface area is 124 Å². The molecule has 0 aliphatic carbocycles. The van der Waals surface area contributed by atoms with Crippen molar-refractivity contribution in [1.82, 2.24) is 9.55 Å². The molecule has 0 spiro atoms. The highest BCUT2D eigenvalue weighted by Gasteiger charge is 2.16. The molecule has 0 aliphatic rings. The Balaban J connectivity index is 2.68. The molecule has 1 aromatic heterocycles. The van der Waals surface area contributed by atoms with E-state index in [4.69, 9.17) is 27.9 Å². The van der Waals surface area contributed by atoms with Crippen molar-refractivity contribution in [2.24, 2.45) is 0 Å². The summed E-state index contributed by atoms with van der Waals surface area (Å²) < 4.78 is 5.92. The van der Waals surface area contributed by atoms with Crippen molar-refractivity contribution in [3.63, 3.8) is 0 Å². The maximum absolute atomic E-state index is 12.4. The first-order valence-corrected chi connectivity index (χ1v) is 6.58. The van der Waals surface area contributed by atoms with Gasteiger partial charge in [-0.05, 0) is 6.07 Å². The van der Waals surface area contributed by atoms with Gasteiger partial charge in [0.1, 0.15) is 5.15 Å². The van der Waals surface area contributed by atoms with Crippen molar-refractivity contribution >= 4 is 23.2 Å². The number of halogens is 2. The van der Waals surface area contributed by atoms with E-state index < -0.39 is 11.2 Å². The van der Waals surface area contributed by atoms with E-state index in [2.05, 4.69) is 4.98 Å². The molecule has 1 heterocycles. The van der Waals surface area contributed by atoms with E-state index in [1.165, 1.54) is 7.11 Å². The first kappa shape index (κ1) is 14.8. The Morgan fingerprint density at radius 3 is 2.60 bits per heavy atom. The van der Waals surface area contributed by atoms with Crippen LogP contribution in [0.25, 0.3) is 11.1 Å². The molecule has 0 radical (unpaired) electrons. The minimum absolute atomic E-state index is 0.0261. The van der Waals surface area contributed by atoms with Crippen LogP contribution in [0.1, 0.15) is 0 Å². The number of nitrogens with one attached hydrogen (secondary N) is 1. The molecule has 0 saturated heterocycles. The first-order chi connectivity index (χ1) is 9.56. The second-order valence-electron chi connectivity index (χ2n) is 4.05. The van der Waals surface area contributed by atoms with E-state index in [9.17, 15) is 9.59 Å². The Morgan fingerprint density at radius 2 is 1.95 bits per heavy atom. The van der Waals surface area contributed by atoms with Gasteiger partial charge in [-0.15, -0.1) is 0 Å². The van der Waals surface area contributed by atoms with E-state index in [0.717, 1.165) is 4.57 Å². The molecule has 0 atom stereocenters. The summed E-state index contributed by atoms with van der Waals surface area (Å²) in [5, 5.41) is 0.360. The zero-order valence-corrected chi connectivity index (χ0v) is 12.2. The molecule has 0 bridgehead atoms. The van der Waals surface area contributed by atoms with Gasteiger partial charge >= 0.3 is 5.69 Å². The smallest absolute Gasteiger partial charge is 0.329 e. The largest absolute Gasteiger partial charge is 0.383 e. The molecular weight excluding hydrogens is 303 g/mol. The van der Waals surface area contributed by atoms with E-state index in [-0.39, 0.29) is 23.9 Å². The van der Waals surface area contributed by atoms with Gasteiger partial charge < -0.3 is 4.74 Å². The fourth-order valence-corrected chi connectivity index (χ4v) is 2.32. The van der Waals surface area contributed by atoms with Crippen molar-refractivity contribution in [3.05, 3.63) is 55.3 Å². The fraction of sp³-hybridized carbons (Fsp3) is 0.231. The average Bonchev–Trinajstić information content (AvgIpc) is 2.40. The molecule has 1 aromatic carbocycles. The third-order valence-electron chi connectivity index (χ3n) is 2.80. The lowest BCUT2D eigenvalue weighted by Crippen LogP contribution is -2.37. The summed E-state index contributed by atoms with van der Waals surface area (Å²) in [6.45, 7) is 0.381. The topological polar surface area (TPSA) is 64.1 Å². The van der Waals surface area contributed by atoms with E-state index in [1.54, 1.807) is 24.3 Å². The second kappa shape index (κ2) is 6.26. The predicted molar refractivity (Wildman–Crippen MR) is 78.7 cm³/mol. The number of ether oxygens (including phenoxy) is 1. The summed E-state index contributed by atoms with van der Waals surface area (Å²) in [6.07, 6.45) is 0. The molecule has 2 rings (SSSR count). The van der Waals surface area contributed by atoms with Gasteiger partial charge in [-0.2, -0.15) is 0 Å². The van der Waals surface area contributed by atoms with Crippen LogP contribution in [-0.2, 0) is 11.3 Å². The zero-order chi connectivity index (χ0) is 14.7. The number of rotatable bonds is 4. The molecule has 0 saturated carbocycles. The quantitative estimate of drug-likeness (QED) is 0.879. The monoisotopic (exact) mass is 314 g/mol. The zero-order valence-electron chi connectivity index (χ0n) is 10.7. The number of methoxy groups -OCH3 is 1. The minimum Gasteiger partial charge on any atom is -0.383 e. The number of benzene rings is 1. The standard InChI is InChI=1S/C13H12Cl2N2O3/c1-20-7-6-17-12(18)10(11(15)16-13(17)19)8-4-2-3-5-9(8)14/h2-5H,6-7H2,1H3,(H,16,19). The maximum Gasteiger partial charge on any atom is 0.329 e. The summed E-state index contributed by atoms with van der Waals surface area (Å²) in [4.78, 5) is 26.6. The molecule has 5 nitrogen and oxygen atoms in total. The van der Waals surface area contributed by atoms with Crippen molar-refractivity contribution in [2.45, 2.75) is 6.54 Å². The lowest BCUT2D eigenvalue weighted by atomic mass is 10.1. The van der Waals surface area contributed by atoms with Crippen molar-refractivity contribution < 1.29 is 4.74 Å². The number of aromatic nitrogens is 2. The summed E-state index contributed by atoms with van der Waals surface area (Å²) in [6, 6.07) is 6.80. The second-order valence-corrected chi connectivity index (χ2v) is 4.83. The van der Waals surface area contributed by atoms with E-state index in [1.807, 2.05) is 0 Å². The van der Waals surface area contributed by atoms with Crippen LogP contribution in [0.5, 0.6) is 0 Å². The molecule has 106 valence electrons. The van der Waals surface area contributed by atoms with Crippen molar-refractivity contribution in [2.75, 3.05) is 13.7 Å². The minimum atomic E-state index is -0.576. The van der Waals surface area contributed by atoms with E-state index >= 15 is 0 Å². The third-order valence-corrected chi connectivity index (χ3v) is 3.42. The third kappa shape index (κ3) is 2.80. The molecule has 0 unspecified atom stereocenters. The van der Waals surface area contributed by atoms with Crippen LogP contribution in [0.4, 0.5) is 0 Å². The number of hydrogen-bond acceptors (Lipinski definition) is 3. The van der Waals surface area contributed by atoms with Gasteiger partial charge in [0.25, 0.3) is 5.56 Å². The van der Waals surface area contributed by atoms with Crippen LogP contribution in [-0.4, -0.2) is 23.3 Å². The van der Waals surface area contributed by atoms with Crippen LogP contribution >= 0.6 is 23.2 Å². The highest BCUT2D eigenvalue weighted by Crippen LogP contribution is 2.28. The van der Waals surface area contributed by atoms with Crippen molar-refractivity contribution in [1.29, 1.82) is 0 Å². The predicted octanol–water partition coefficient (Wildman–Crippen LogP) is 2.16. The van der Waals surface area contributed by atoms with Gasteiger partial charge in [0, 0.05) is 17.7 Å². The molecule has 0 amide bonds. The molecular formula is C13H12Cl2N2O3. The Kier molecular flexibility index (Phi) is 4.65. The fourth-order valence-electron chi connectivity index (χ4n) is 1.83. The summed E-state index contributed by atoms with van der Waals surface area (Å²) in [7, 11) is 1.49. The summed E-state index contributed by atoms with van der Waals surface area (Å²) in [5.41, 5.74) is -0.420. The molecule has 0 fully saturated rings. The van der Waals surface area contributed by atoms with Crippen LogP contribution in [0, 0.1) is 0 Å². The SMILES string of the molecule is COCCn1c(=O)[nH]c(Cl)c(-c2ccccc2Cl)c1=O. The molecule has 1 N–H and O–H groups in total. The lowest BCUT2D eigenvalue weighted by Gasteiger charge is -2.09. The van der Waals surface area contributed by atoms with Gasteiger partial charge in [0.15, 0.2) is 0 Å². The van der Waals surface area contributed by atoms with E-state index in [0.29, 0.717) is 10.6 Å². The number of aromatic amines is 1. The Morgan fingerprint density at radius 1 is 1.25 bits per heavy atom. The van der Waals surface area contributed by atoms with Crippen LogP contribution in [0.15, 0.2) is 33.9 Å². The number of hydrogen-bond donors (Lipinski definition) is 1. The molecule has 0 aliphatic heterocycles. The first-order valence-electron chi connectivity index (χ1n) is 5.82. The lowest BCUT2D eigenvalue weighted by molar-refractivity contribution is 0.185. The Hall–Kier alpha value is -1.56. The van der Waals surface area contributed by atoms with Gasteiger partial charge in [0.05, 0.1) is 18.7 Å². The van der Waals surface area contributed by atoms with Gasteiger partial charge in [-0.3, -0.25) is 14.3 Å². The number of nitrogens with zero attached hydrogens (tertiary/aromatic N) is 1. The van der Waals surface area contributed by atoms with Crippen molar-refractivity contribution in [3.8, 4) is 11.1 Å². The van der Waals surface area contributed by atoms with Crippen LogP contribution in [0.2, 0.25) is 10.2 Å². The average molecular weight is 315 g/mol. The van der Waals surface area contributed by atoms with Gasteiger partial charge in [0.2, 0.25) is 0 Å². The van der Waals surface area contributed by atoms with Crippen LogP contribution in [0.3, 0.4) is 0 Å². The van der Waals surface area contributed by atoms with Gasteiger partial charge in [-0.1, -0.05) is 41.4 Å². The molecule has 7 heteroatoms. The molecule has 2 aromatic rings. The summed E-state index contributed by atoms with van der Waals surface area (Å²) in [5.74, 6) is 0. The van der Waals surface area contributed by atoms with Gasteiger partial charge in [-0.25, -0.2) is 4.79 Å². The Bertz CT molecular complexity index is 737. The highest BCUT2D eigenvalue weighted by molar-refractivity contribution is 6.35. The number of H-pyrrole nitrogens is 1. The summed E-state index contributed by atoms with van der Waals surface area (Å²) >= 11 is 12.1. The maximum atomic E-state index is 12.4. The highest BCUT2D eigenvalue weighted by atomic mass is 35.5.